The number of guanidine groups is 1. The molecule has 25 heavy (non-hydrogen) atoms. The molecule has 0 saturated heterocycles. The zero-order valence-corrected chi connectivity index (χ0v) is 17.5. The second kappa shape index (κ2) is 11.3. The molecule has 0 atom stereocenters. The molecule has 2 aromatic rings. The number of nitrogens with one attached hydrogen (secondary N) is 2. The number of hydrogen-bond acceptors (Lipinski definition) is 3. The van der Waals surface area contributed by atoms with E-state index in [1.165, 1.54) is 23.1 Å². The number of aliphatic imine (C=N–C) groups is 1. The number of nitrogens with zero attached hydrogens (tertiary/aromatic N) is 2. The Morgan fingerprint density at radius 2 is 1.92 bits per heavy atom. The van der Waals surface area contributed by atoms with E-state index in [4.69, 9.17) is 0 Å². The number of thiazole rings is 1. The predicted molar refractivity (Wildman–Crippen MR) is 110 cm³/mol. The van der Waals surface area contributed by atoms with Crippen molar-refractivity contribution in [2.75, 3.05) is 19.6 Å². The lowest BCUT2D eigenvalue weighted by atomic mass is 10.1. The first-order valence-electron chi connectivity index (χ1n) is 7.96. The SMILES string of the molecule is CCNC(=NCCc1ncc(C)s1)NCCc1c(F)cccc1F.I. The molecule has 0 saturated carbocycles. The molecule has 1 aromatic carbocycles. The molecule has 0 amide bonds. The monoisotopic (exact) mass is 480 g/mol. The summed E-state index contributed by atoms with van der Waals surface area (Å²) >= 11 is 1.67. The Hall–Kier alpha value is -1.29. The molecule has 0 unspecified atom stereocenters. The number of hydrogen-bond donors (Lipinski definition) is 2. The van der Waals surface area contributed by atoms with Crippen LogP contribution in [0.15, 0.2) is 29.4 Å². The first-order chi connectivity index (χ1) is 11.6. The molecular weight excluding hydrogens is 457 g/mol. The van der Waals surface area contributed by atoms with Crippen LogP contribution in [0.3, 0.4) is 0 Å². The molecule has 1 heterocycles. The minimum absolute atomic E-state index is 0. The summed E-state index contributed by atoms with van der Waals surface area (Å²) < 4.78 is 27.2. The lowest BCUT2D eigenvalue weighted by Crippen LogP contribution is -2.38. The summed E-state index contributed by atoms with van der Waals surface area (Å²) in [6.45, 7) is 5.72. The summed E-state index contributed by atoms with van der Waals surface area (Å²) in [5, 5.41) is 7.28. The minimum Gasteiger partial charge on any atom is -0.357 e. The van der Waals surface area contributed by atoms with Crippen molar-refractivity contribution < 1.29 is 8.78 Å². The molecule has 0 aliphatic rings. The van der Waals surface area contributed by atoms with E-state index >= 15 is 0 Å². The topological polar surface area (TPSA) is 49.3 Å². The van der Waals surface area contributed by atoms with Crippen LogP contribution in [0.2, 0.25) is 0 Å². The number of aromatic nitrogens is 1. The van der Waals surface area contributed by atoms with E-state index in [0.29, 0.717) is 19.0 Å². The summed E-state index contributed by atoms with van der Waals surface area (Å²) in [5.41, 5.74) is 0.0964. The van der Waals surface area contributed by atoms with Crippen molar-refractivity contribution in [3.63, 3.8) is 0 Å². The molecule has 4 nitrogen and oxygen atoms in total. The molecule has 0 fully saturated rings. The fraction of sp³-hybridized carbons (Fsp3) is 0.412. The molecule has 0 radical (unpaired) electrons. The van der Waals surface area contributed by atoms with E-state index < -0.39 is 11.6 Å². The van der Waals surface area contributed by atoms with Crippen molar-refractivity contribution in [2.24, 2.45) is 4.99 Å². The van der Waals surface area contributed by atoms with Crippen LogP contribution in [0.5, 0.6) is 0 Å². The van der Waals surface area contributed by atoms with Gasteiger partial charge in [-0.1, -0.05) is 6.07 Å². The van der Waals surface area contributed by atoms with Gasteiger partial charge in [0.25, 0.3) is 0 Å². The van der Waals surface area contributed by atoms with Crippen molar-refractivity contribution in [2.45, 2.75) is 26.7 Å². The van der Waals surface area contributed by atoms with E-state index in [1.54, 1.807) is 11.3 Å². The van der Waals surface area contributed by atoms with Gasteiger partial charge in [0, 0.05) is 42.7 Å². The highest BCUT2D eigenvalue weighted by Gasteiger charge is 2.08. The summed E-state index contributed by atoms with van der Waals surface area (Å²) in [7, 11) is 0. The van der Waals surface area contributed by atoms with Gasteiger partial charge in [0.2, 0.25) is 0 Å². The second-order valence-corrected chi connectivity index (χ2v) is 6.57. The van der Waals surface area contributed by atoms with Crippen molar-refractivity contribution in [1.29, 1.82) is 0 Å². The van der Waals surface area contributed by atoms with Gasteiger partial charge in [-0.3, -0.25) is 4.99 Å². The molecular formula is C17H23F2IN4S. The second-order valence-electron chi connectivity index (χ2n) is 5.25. The molecule has 8 heteroatoms. The van der Waals surface area contributed by atoms with Crippen molar-refractivity contribution >= 4 is 41.3 Å². The van der Waals surface area contributed by atoms with Crippen LogP contribution >= 0.6 is 35.3 Å². The van der Waals surface area contributed by atoms with Gasteiger partial charge >= 0.3 is 0 Å². The maximum Gasteiger partial charge on any atom is 0.191 e. The highest BCUT2D eigenvalue weighted by Crippen LogP contribution is 2.12. The molecule has 0 bridgehead atoms. The summed E-state index contributed by atoms with van der Waals surface area (Å²) in [6.07, 6.45) is 2.89. The van der Waals surface area contributed by atoms with Gasteiger partial charge in [0.1, 0.15) is 11.6 Å². The average Bonchev–Trinajstić information content (AvgIpc) is 2.95. The van der Waals surface area contributed by atoms with Gasteiger partial charge in [0.15, 0.2) is 5.96 Å². The largest absolute Gasteiger partial charge is 0.357 e. The maximum absolute atomic E-state index is 13.6. The molecule has 1 aromatic heterocycles. The molecule has 138 valence electrons. The van der Waals surface area contributed by atoms with Crippen molar-refractivity contribution in [3.8, 4) is 0 Å². The van der Waals surface area contributed by atoms with Gasteiger partial charge in [-0.2, -0.15) is 0 Å². The first-order valence-corrected chi connectivity index (χ1v) is 8.78. The first kappa shape index (κ1) is 21.8. The van der Waals surface area contributed by atoms with Crippen molar-refractivity contribution in [3.05, 3.63) is 51.5 Å². The highest BCUT2D eigenvalue weighted by molar-refractivity contribution is 14.0. The lowest BCUT2D eigenvalue weighted by Gasteiger charge is -2.11. The average molecular weight is 480 g/mol. The maximum atomic E-state index is 13.6. The number of aryl methyl sites for hydroxylation is 1. The highest BCUT2D eigenvalue weighted by atomic mass is 127. The summed E-state index contributed by atoms with van der Waals surface area (Å²) in [6, 6.07) is 3.91. The van der Waals surface area contributed by atoms with Crippen LogP contribution in [0.1, 0.15) is 22.4 Å². The van der Waals surface area contributed by atoms with Crippen LogP contribution < -0.4 is 10.6 Å². The quantitative estimate of drug-likeness (QED) is 0.361. The van der Waals surface area contributed by atoms with Gasteiger partial charge in [-0.05, 0) is 32.4 Å². The van der Waals surface area contributed by atoms with Crippen LogP contribution in [0, 0.1) is 18.6 Å². The third kappa shape index (κ3) is 7.23. The normalized spacial score (nSPS) is 11.1. The standard InChI is InChI=1S/C17H22F2N4S.HI/c1-3-20-17(22-10-8-16-23-11-12(2)24-16)21-9-7-13-14(18)5-4-6-15(13)19;/h4-6,11H,3,7-10H2,1-2H3,(H2,20,21,22);1H. The van der Waals surface area contributed by atoms with Crippen LogP contribution in [-0.4, -0.2) is 30.6 Å². The Labute approximate surface area is 168 Å². The Morgan fingerprint density at radius 3 is 2.52 bits per heavy atom. The van der Waals surface area contributed by atoms with Crippen LogP contribution in [0.4, 0.5) is 8.78 Å². The van der Waals surface area contributed by atoms with Crippen LogP contribution in [0.25, 0.3) is 0 Å². The van der Waals surface area contributed by atoms with Crippen molar-refractivity contribution in [1.82, 2.24) is 15.6 Å². The molecule has 0 aliphatic heterocycles. The van der Waals surface area contributed by atoms with E-state index in [2.05, 4.69) is 20.6 Å². The third-order valence-corrected chi connectivity index (χ3v) is 4.31. The van der Waals surface area contributed by atoms with Crippen LogP contribution in [-0.2, 0) is 12.8 Å². The summed E-state index contributed by atoms with van der Waals surface area (Å²) in [4.78, 5) is 9.96. The zero-order valence-electron chi connectivity index (χ0n) is 14.3. The Morgan fingerprint density at radius 1 is 1.20 bits per heavy atom. The molecule has 0 aliphatic carbocycles. The fourth-order valence-corrected chi connectivity index (χ4v) is 2.98. The molecule has 2 N–H and O–H groups in total. The fourth-order valence-electron chi connectivity index (χ4n) is 2.20. The number of halogens is 3. The Kier molecular flexibility index (Phi) is 9.88. The van der Waals surface area contributed by atoms with Gasteiger partial charge in [-0.15, -0.1) is 35.3 Å². The van der Waals surface area contributed by atoms with Gasteiger partial charge in [-0.25, -0.2) is 13.8 Å². The Bertz CT molecular complexity index is 671. The number of benzene rings is 1. The predicted octanol–water partition coefficient (Wildman–Crippen LogP) is 3.69. The van der Waals surface area contributed by atoms with E-state index in [0.717, 1.165) is 18.0 Å². The molecule has 2 rings (SSSR count). The lowest BCUT2D eigenvalue weighted by molar-refractivity contribution is 0.553. The third-order valence-electron chi connectivity index (χ3n) is 3.34. The minimum atomic E-state index is -0.516. The zero-order chi connectivity index (χ0) is 17.4. The van der Waals surface area contributed by atoms with E-state index in [1.807, 2.05) is 20.0 Å². The number of rotatable bonds is 7. The smallest absolute Gasteiger partial charge is 0.191 e. The van der Waals surface area contributed by atoms with Gasteiger partial charge in [0.05, 0.1) is 5.01 Å². The Balaban J connectivity index is 0.00000312. The van der Waals surface area contributed by atoms with E-state index in [9.17, 15) is 8.78 Å². The van der Waals surface area contributed by atoms with Gasteiger partial charge < -0.3 is 10.6 Å². The molecule has 0 spiro atoms. The summed E-state index contributed by atoms with van der Waals surface area (Å²) in [5.74, 6) is -0.390. The van der Waals surface area contributed by atoms with E-state index in [-0.39, 0.29) is 36.0 Å².